The van der Waals surface area contributed by atoms with Gasteiger partial charge in [-0.25, -0.2) is 4.98 Å². The Balaban J connectivity index is 1.66. The quantitative estimate of drug-likeness (QED) is 0.875. The number of carbonyl (C=O) groups is 1. The number of aromatic nitrogens is 3. The summed E-state index contributed by atoms with van der Waals surface area (Å²) in [5, 5.41) is 13.2. The Morgan fingerprint density at radius 2 is 2.33 bits per heavy atom. The average molecular weight is 332 g/mol. The van der Waals surface area contributed by atoms with Crippen LogP contribution in [0.2, 0.25) is 0 Å². The molecule has 7 heteroatoms. The molecule has 0 aliphatic carbocycles. The minimum atomic E-state index is -0.864. The van der Waals surface area contributed by atoms with Crippen LogP contribution in [-0.2, 0) is 17.9 Å². The van der Waals surface area contributed by atoms with E-state index in [4.69, 9.17) is 9.52 Å². The van der Waals surface area contributed by atoms with Crippen molar-refractivity contribution in [1.82, 2.24) is 19.7 Å². The zero-order chi connectivity index (χ0) is 17.1. The third kappa shape index (κ3) is 3.84. The maximum absolute atomic E-state index is 11.0. The second kappa shape index (κ2) is 7.17. The first-order valence-corrected chi connectivity index (χ1v) is 8.43. The van der Waals surface area contributed by atoms with Gasteiger partial charge in [-0.1, -0.05) is 13.8 Å². The monoisotopic (exact) mass is 332 g/mol. The Morgan fingerprint density at radius 1 is 1.50 bits per heavy atom. The summed E-state index contributed by atoms with van der Waals surface area (Å²) in [4.78, 5) is 17.9. The first-order chi connectivity index (χ1) is 11.5. The molecule has 0 amide bonds. The molecule has 0 saturated carbocycles. The van der Waals surface area contributed by atoms with E-state index in [1.165, 1.54) is 0 Å². The summed E-state index contributed by atoms with van der Waals surface area (Å²) in [5.41, 5.74) is 1.96. The molecule has 2 aromatic rings. The zero-order valence-corrected chi connectivity index (χ0v) is 14.2. The molecule has 7 nitrogen and oxygen atoms in total. The van der Waals surface area contributed by atoms with E-state index in [2.05, 4.69) is 28.8 Å². The first kappa shape index (κ1) is 16.7. The van der Waals surface area contributed by atoms with Crippen LogP contribution in [0.15, 0.2) is 22.9 Å². The van der Waals surface area contributed by atoms with Crippen molar-refractivity contribution < 1.29 is 14.3 Å². The number of nitrogens with zero attached hydrogens (tertiary/aromatic N) is 4. The molecule has 2 aromatic heterocycles. The molecule has 24 heavy (non-hydrogen) atoms. The van der Waals surface area contributed by atoms with Crippen LogP contribution in [0.1, 0.15) is 55.8 Å². The third-order valence-electron chi connectivity index (χ3n) is 4.41. The van der Waals surface area contributed by atoms with Gasteiger partial charge in [-0.3, -0.25) is 14.4 Å². The van der Waals surface area contributed by atoms with Crippen molar-refractivity contribution in [2.45, 2.75) is 51.6 Å². The normalized spacial score (nSPS) is 19.0. The fourth-order valence-electron chi connectivity index (χ4n) is 3.28. The van der Waals surface area contributed by atoms with E-state index in [-0.39, 0.29) is 6.54 Å². The van der Waals surface area contributed by atoms with Gasteiger partial charge in [-0.15, -0.1) is 0 Å². The van der Waals surface area contributed by atoms with Crippen LogP contribution in [0.4, 0.5) is 0 Å². The summed E-state index contributed by atoms with van der Waals surface area (Å²) < 4.78 is 7.11. The lowest BCUT2D eigenvalue weighted by atomic mass is 9.94. The molecule has 1 aliphatic heterocycles. The predicted molar refractivity (Wildman–Crippen MR) is 87.7 cm³/mol. The van der Waals surface area contributed by atoms with Gasteiger partial charge in [0.15, 0.2) is 5.89 Å². The number of oxazole rings is 1. The summed E-state index contributed by atoms with van der Waals surface area (Å²) in [5.74, 6) is 0.504. The Labute approximate surface area is 141 Å². The van der Waals surface area contributed by atoms with Crippen LogP contribution >= 0.6 is 0 Å². The molecule has 0 spiro atoms. The molecule has 1 fully saturated rings. The number of hydrogen-bond donors (Lipinski definition) is 1. The van der Waals surface area contributed by atoms with E-state index in [1.807, 2.05) is 6.07 Å². The number of rotatable bonds is 6. The van der Waals surface area contributed by atoms with Crippen molar-refractivity contribution in [2.75, 3.05) is 13.1 Å². The zero-order valence-electron chi connectivity index (χ0n) is 14.2. The number of likely N-dealkylation sites (tertiary alicyclic amines) is 1. The fraction of sp³-hybridized carbons (Fsp3) is 0.588. The minimum absolute atomic E-state index is 0.0835. The number of hydrogen-bond acceptors (Lipinski definition) is 5. The maximum Gasteiger partial charge on any atom is 0.325 e. The number of piperidine rings is 1. The van der Waals surface area contributed by atoms with Gasteiger partial charge in [0, 0.05) is 36.8 Å². The molecule has 1 saturated heterocycles. The summed E-state index contributed by atoms with van der Waals surface area (Å²) in [7, 11) is 0. The third-order valence-corrected chi connectivity index (χ3v) is 4.41. The molecule has 0 bridgehead atoms. The van der Waals surface area contributed by atoms with E-state index < -0.39 is 5.97 Å². The van der Waals surface area contributed by atoms with Gasteiger partial charge in [0.25, 0.3) is 0 Å². The Hall–Kier alpha value is -2.15. The topological polar surface area (TPSA) is 84.4 Å². The van der Waals surface area contributed by atoms with Crippen molar-refractivity contribution in [1.29, 1.82) is 0 Å². The first-order valence-electron chi connectivity index (χ1n) is 8.43. The van der Waals surface area contributed by atoms with Crippen molar-refractivity contribution >= 4 is 5.97 Å². The lowest BCUT2D eigenvalue weighted by Crippen LogP contribution is -2.35. The van der Waals surface area contributed by atoms with Gasteiger partial charge >= 0.3 is 5.97 Å². The average Bonchev–Trinajstić information content (AvgIpc) is 3.16. The number of aliphatic carboxylic acids is 1. The smallest absolute Gasteiger partial charge is 0.325 e. The highest BCUT2D eigenvalue weighted by atomic mass is 16.4. The molecule has 1 N–H and O–H groups in total. The van der Waals surface area contributed by atoms with E-state index in [9.17, 15) is 4.79 Å². The summed E-state index contributed by atoms with van der Waals surface area (Å²) in [6.45, 7) is 6.72. The molecule has 0 radical (unpaired) electrons. The molecule has 3 rings (SSSR count). The van der Waals surface area contributed by atoms with Gasteiger partial charge in [0.1, 0.15) is 12.8 Å². The van der Waals surface area contributed by atoms with Crippen LogP contribution in [0.3, 0.4) is 0 Å². The standard InChI is InChI=1S/C17H24N4O3/c1-12(2)17-19-14(11-24-17)9-20-7-3-4-13(8-20)15-5-6-18-21(15)10-16(22)23/h5-6,11-13H,3-4,7-10H2,1-2H3,(H,22,23)/t13-/m1/s1. The summed E-state index contributed by atoms with van der Waals surface area (Å²) >= 11 is 0. The second-order valence-electron chi connectivity index (χ2n) is 6.71. The van der Waals surface area contributed by atoms with Crippen LogP contribution in [-0.4, -0.2) is 43.8 Å². The number of carboxylic acid groups (broad SMARTS) is 1. The minimum Gasteiger partial charge on any atom is -0.480 e. The highest BCUT2D eigenvalue weighted by Crippen LogP contribution is 2.27. The van der Waals surface area contributed by atoms with Crippen LogP contribution in [0, 0.1) is 0 Å². The highest BCUT2D eigenvalue weighted by Gasteiger charge is 2.25. The molecule has 0 unspecified atom stereocenters. The van der Waals surface area contributed by atoms with Gasteiger partial charge in [0.05, 0.1) is 5.69 Å². The molecular weight excluding hydrogens is 308 g/mol. The molecular formula is C17H24N4O3. The summed E-state index contributed by atoms with van der Waals surface area (Å²) in [6, 6.07) is 1.93. The molecule has 0 aromatic carbocycles. The van der Waals surface area contributed by atoms with Crippen LogP contribution in [0.5, 0.6) is 0 Å². The van der Waals surface area contributed by atoms with Gasteiger partial charge in [-0.05, 0) is 25.5 Å². The largest absolute Gasteiger partial charge is 0.480 e. The molecule has 3 heterocycles. The molecule has 1 atom stereocenters. The Bertz CT molecular complexity index is 692. The van der Waals surface area contributed by atoms with Crippen molar-refractivity contribution in [3.05, 3.63) is 35.8 Å². The van der Waals surface area contributed by atoms with Crippen LogP contribution < -0.4 is 0 Å². The Kier molecular flexibility index (Phi) is 4.99. The molecule has 130 valence electrons. The van der Waals surface area contributed by atoms with E-state index >= 15 is 0 Å². The van der Waals surface area contributed by atoms with Gasteiger partial charge < -0.3 is 9.52 Å². The number of carboxylic acids is 1. The second-order valence-corrected chi connectivity index (χ2v) is 6.71. The van der Waals surface area contributed by atoms with Gasteiger partial charge in [0.2, 0.25) is 0 Å². The van der Waals surface area contributed by atoms with Crippen LogP contribution in [0.25, 0.3) is 0 Å². The van der Waals surface area contributed by atoms with E-state index in [0.29, 0.717) is 11.8 Å². The SMILES string of the molecule is CC(C)c1nc(CN2CCC[C@@H](c3ccnn3CC(=O)O)C2)co1. The lowest BCUT2D eigenvalue weighted by Gasteiger charge is -2.32. The molecule has 1 aliphatic rings. The predicted octanol–water partition coefficient (Wildman–Crippen LogP) is 2.46. The van der Waals surface area contributed by atoms with Crippen molar-refractivity contribution in [3.63, 3.8) is 0 Å². The van der Waals surface area contributed by atoms with Crippen molar-refractivity contribution in [2.24, 2.45) is 0 Å². The lowest BCUT2D eigenvalue weighted by molar-refractivity contribution is -0.137. The van der Waals surface area contributed by atoms with E-state index in [1.54, 1.807) is 17.1 Å². The van der Waals surface area contributed by atoms with Crippen molar-refractivity contribution in [3.8, 4) is 0 Å². The Morgan fingerprint density at radius 3 is 3.04 bits per heavy atom. The summed E-state index contributed by atoms with van der Waals surface area (Å²) in [6.07, 6.45) is 5.56. The van der Waals surface area contributed by atoms with E-state index in [0.717, 1.165) is 49.8 Å². The fourth-order valence-corrected chi connectivity index (χ4v) is 3.28. The highest BCUT2D eigenvalue weighted by molar-refractivity contribution is 5.66. The van der Waals surface area contributed by atoms with Gasteiger partial charge in [-0.2, -0.15) is 5.10 Å². The maximum atomic E-state index is 11.0.